The highest BCUT2D eigenvalue weighted by molar-refractivity contribution is 5.81. The van der Waals surface area contributed by atoms with E-state index in [0.717, 1.165) is 62.4 Å². The number of carbonyl (C=O) groups excluding carboxylic acids is 2. The number of hydrogen-bond donors (Lipinski definition) is 0. The van der Waals surface area contributed by atoms with E-state index < -0.39 is 0 Å². The number of carbonyl (C=O) groups is 2. The lowest BCUT2D eigenvalue weighted by Gasteiger charge is -2.37. The third-order valence-electron chi connectivity index (χ3n) is 6.50. The summed E-state index contributed by atoms with van der Waals surface area (Å²) in [7, 11) is 0. The Morgan fingerprint density at radius 1 is 1.04 bits per heavy atom. The molecule has 1 aromatic carbocycles. The van der Waals surface area contributed by atoms with E-state index >= 15 is 0 Å². The molecular weight excluding hydrogens is 344 g/mol. The highest BCUT2D eigenvalue weighted by atomic mass is 16.7. The molecule has 1 aromatic rings. The summed E-state index contributed by atoms with van der Waals surface area (Å²) in [6.07, 6.45) is 4.68. The number of piperidine rings is 1. The Morgan fingerprint density at radius 3 is 2.70 bits per heavy atom. The number of benzene rings is 1. The fourth-order valence-corrected chi connectivity index (χ4v) is 4.69. The maximum Gasteiger partial charge on any atom is 0.231 e. The second kappa shape index (κ2) is 6.73. The first-order chi connectivity index (χ1) is 13.2. The summed E-state index contributed by atoms with van der Waals surface area (Å²) in [4.78, 5) is 29.3. The van der Waals surface area contributed by atoms with E-state index in [9.17, 15) is 9.59 Å². The zero-order chi connectivity index (χ0) is 18.4. The summed E-state index contributed by atoms with van der Waals surface area (Å²) in [6, 6.07) is 5.90. The lowest BCUT2D eigenvalue weighted by molar-refractivity contribution is -0.135. The van der Waals surface area contributed by atoms with E-state index in [0.29, 0.717) is 30.7 Å². The minimum absolute atomic E-state index is 0.238. The van der Waals surface area contributed by atoms with E-state index in [1.54, 1.807) is 0 Å². The highest BCUT2D eigenvalue weighted by Gasteiger charge is 2.40. The standard InChI is InChI=1S/C21H26N2O4/c24-20-10-16-5-8-23(21(25)15-2-3-15)12-17(16)6-7-22(20)11-14-1-4-18-19(9-14)27-13-26-18/h1,4,9,15-17H,2-3,5-8,10-13H2/t16-,17+/m0/s1. The van der Waals surface area contributed by atoms with E-state index in [4.69, 9.17) is 9.47 Å². The summed E-state index contributed by atoms with van der Waals surface area (Å²) in [5.74, 6) is 3.28. The zero-order valence-electron chi connectivity index (χ0n) is 15.6. The van der Waals surface area contributed by atoms with Gasteiger partial charge in [-0.25, -0.2) is 0 Å². The van der Waals surface area contributed by atoms with Gasteiger partial charge in [-0.2, -0.15) is 0 Å². The Bertz CT molecular complexity index is 761. The SMILES string of the molecule is O=C1C[C@@H]2CCN(C(=O)C3CC3)C[C@H]2CCN1Cc1ccc2c(c1)OCO2. The molecule has 4 aliphatic rings. The molecule has 1 aliphatic carbocycles. The Kier molecular flexibility index (Phi) is 4.21. The van der Waals surface area contributed by atoms with Crippen molar-refractivity contribution in [1.82, 2.24) is 9.80 Å². The van der Waals surface area contributed by atoms with E-state index in [-0.39, 0.29) is 18.6 Å². The van der Waals surface area contributed by atoms with Crippen LogP contribution in [0.4, 0.5) is 0 Å². The summed E-state index contributed by atoms with van der Waals surface area (Å²) >= 11 is 0. The average molecular weight is 370 g/mol. The van der Waals surface area contributed by atoms with Gasteiger partial charge < -0.3 is 19.3 Å². The molecule has 0 N–H and O–H groups in total. The van der Waals surface area contributed by atoms with Gasteiger partial charge in [-0.05, 0) is 55.2 Å². The number of likely N-dealkylation sites (tertiary alicyclic amines) is 2. The molecule has 3 heterocycles. The van der Waals surface area contributed by atoms with Gasteiger partial charge in [-0.1, -0.05) is 6.07 Å². The molecule has 1 saturated carbocycles. The Labute approximate surface area is 159 Å². The quantitative estimate of drug-likeness (QED) is 0.820. The molecule has 3 fully saturated rings. The van der Waals surface area contributed by atoms with Crippen molar-refractivity contribution < 1.29 is 19.1 Å². The molecule has 0 aromatic heterocycles. The van der Waals surface area contributed by atoms with Gasteiger partial charge in [0.2, 0.25) is 18.6 Å². The van der Waals surface area contributed by atoms with Crippen molar-refractivity contribution in [3.63, 3.8) is 0 Å². The van der Waals surface area contributed by atoms with Crippen LogP contribution in [0, 0.1) is 17.8 Å². The van der Waals surface area contributed by atoms with Gasteiger partial charge in [0.15, 0.2) is 11.5 Å². The molecule has 0 unspecified atom stereocenters. The largest absolute Gasteiger partial charge is 0.454 e. The predicted octanol–water partition coefficient (Wildman–Crippen LogP) is 2.41. The van der Waals surface area contributed by atoms with Gasteiger partial charge in [0.1, 0.15) is 0 Å². The van der Waals surface area contributed by atoms with Crippen LogP contribution in [0.2, 0.25) is 0 Å². The molecule has 0 bridgehead atoms. The Hall–Kier alpha value is -2.24. The summed E-state index contributed by atoms with van der Waals surface area (Å²) < 4.78 is 10.8. The number of rotatable bonds is 3. The van der Waals surface area contributed by atoms with E-state index in [1.807, 2.05) is 23.1 Å². The molecule has 2 saturated heterocycles. The van der Waals surface area contributed by atoms with Crippen LogP contribution >= 0.6 is 0 Å². The fourth-order valence-electron chi connectivity index (χ4n) is 4.69. The third kappa shape index (κ3) is 3.37. The van der Waals surface area contributed by atoms with Gasteiger partial charge in [0.25, 0.3) is 0 Å². The minimum Gasteiger partial charge on any atom is -0.454 e. The first kappa shape index (κ1) is 16.9. The van der Waals surface area contributed by atoms with Gasteiger partial charge in [-0.15, -0.1) is 0 Å². The van der Waals surface area contributed by atoms with Gasteiger partial charge in [-0.3, -0.25) is 9.59 Å². The minimum atomic E-state index is 0.238. The van der Waals surface area contributed by atoms with Crippen molar-refractivity contribution in [3.05, 3.63) is 23.8 Å². The number of fused-ring (bicyclic) bond motifs is 2. The second-order valence-electron chi connectivity index (χ2n) is 8.36. The van der Waals surface area contributed by atoms with Crippen molar-refractivity contribution >= 4 is 11.8 Å². The number of amides is 2. The van der Waals surface area contributed by atoms with Gasteiger partial charge >= 0.3 is 0 Å². The molecule has 0 radical (unpaired) electrons. The molecule has 0 spiro atoms. The fraction of sp³-hybridized carbons (Fsp3) is 0.619. The van der Waals surface area contributed by atoms with Crippen molar-refractivity contribution in [2.75, 3.05) is 26.4 Å². The highest BCUT2D eigenvalue weighted by Crippen LogP contribution is 2.37. The third-order valence-corrected chi connectivity index (χ3v) is 6.50. The number of nitrogens with zero attached hydrogens (tertiary/aromatic N) is 2. The molecule has 6 nitrogen and oxygen atoms in total. The average Bonchev–Trinajstić information content (AvgIpc) is 3.44. The maximum absolute atomic E-state index is 12.8. The van der Waals surface area contributed by atoms with Crippen LogP contribution in [0.3, 0.4) is 0 Å². The molecule has 2 atom stereocenters. The first-order valence-corrected chi connectivity index (χ1v) is 10.1. The van der Waals surface area contributed by atoms with Crippen molar-refractivity contribution in [1.29, 1.82) is 0 Å². The molecule has 27 heavy (non-hydrogen) atoms. The number of hydrogen-bond acceptors (Lipinski definition) is 4. The predicted molar refractivity (Wildman–Crippen MR) is 98.1 cm³/mol. The van der Waals surface area contributed by atoms with Gasteiger partial charge in [0.05, 0.1) is 0 Å². The summed E-state index contributed by atoms with van der Waals surface area (Å²) in [6.45, 7) is 3.30. The van der Waals surface area contributed by atoms with Crippen LogP contribution < -0.4 is 9.47 Å². The summed E-state index contributed by atoms with van der Waals surface area (Å²) in [5, 5.41) is 0. The van der Waals surface area contributed by atoms with Crippen molar-refractivity contribution in [3.8, 4) is 11.5 Å². The summed E-state index contributed by atoms with van der Waals surface area (Å²) in [5.41, 5.74) is 1.07. The first-order valence-electron chi connectivity index (χ1n) is 10.1. The lowest BCUT2D eigenvalue weighted by Crippen LogP contribution is -2.44. The van der Waals surface area contributed by atoms with Crippen LogP contribution in [0.15, 0.2) is 18.2 Å². The second-order valence-corrected chi connectivity index (χ2v) is 8.36. The normalized spacial score (nSPS) is 27.3. The lowest BCUT2D eigenvalue weighted by atomic mass is 9.82. The molecule has 144 valence electrons. The Morgan fingerprint density at radius 2 is 1.85 bits per heavy atom. The zero-order valence-corrected chi connectivity index (χ0v) is 15.6. The van der Waals surface area contributed by atoms with Crippen molar-refractivity contribution in [2.45, 2.75) is 38.6 Å². The topological polar surface area (TPSA) is 59.1 Å². The molecule has 6 heteroatoms. The van der Waals surface area contributed by atoms with Crippen LogP contribution in [-0.4, -0.2) is 48.0 Å². The maximum atomic E-state index is 12.8. The molecule has 2 amide bonds. The number of ether oxygens (including phenoxy) is 2. The smallest absolute Gasteiger partial charge is 0.231 e. The van der Waals surface area contributed by atoms with Crippen LogP contribution in [0.25, 0.3) is 0 Å². The Balaban J connectivity index is 1.24. The molecule has 3 aliphatic heterocycles. The molecular formula is C21H26N2O4. The van der Waals surface area contributed by atoms with Crippen LogP contribution in [0.5, 0.6) is 11.5 Å². The van der Waals surface area contributed by atoms with E-state index in [2.05, 4.69) is 4.90 Å². The molecule has 5 rings (SSSR count). The monoisotopic (exact) mass is 370 g/mol. The van der Waals surface area contributed by atoms with Crippen molar-refractivity contribution in [2.24, 2.45) is 17.8 Å². The van der Waals surface area contributed by atoms with E-state index in [1.165, 1.54) is 0 Å². The van der Waals surface area contributed by atoms with Crippen LogP contribution in [-0.2, 0) is 16.1 Å². The van der Waals surface area contributed by atoms with Crippen LogP contribution in [0.1, 0.15) is 37.7 Å². The van der Waals surface area contributed by atoms with Gasteiger partial charge in [0, 0.05) is 38.5 Å².